The zero-order chi connectivity index (χ0) is 48.8. The molecule has 9 rings (SSSR count). The van der Waals surface area contributed by atoms with E-state index < -0.39 is 31.4 Å². The van der Waals surface area contributed by atoms with Gasteiger partial charge in [-0.3, -0.25) is 24.7 Å². The number of sulfonamides is 1. The summed E-state index contributed by atoms with van der Waals surface area (Å²) in [6, 6.07) is 27.7. The summed E-state index contributed by atoms with van der Waals surface area (Å²) < 4.78 is 47.4. The highest BCUT2D eigenvalue weighted by atomic mass is 35.5. The molecule has 6 aromatic rings. The molecule has 4 heterocycles. The summed E-state index contributed by atoms with van der Waals surface area (Å²) in [7, 11) is -4.61. The number of ether oxygens (including phenoxy) is 3. The van der Waals surface area contributed by atoms with Crippen molar-refractivity contribution in [1.82, 2.24) is 24.5 Å². The highest BCUT2D eigenvalue weighted by Gasteiger charge is 2.31. The number of aromatic nitrogens is 2. The minimum Gasteiger partial charge on any atom is -0.492 e. The van der Waals surface area contributed by atoms with Gasteiger partial charge in [0.1, 0.15) is 35.2 Å². The molecule has 2 aromatic heterocycles. The summed E-state index contributed by atoms with van der Waals surface area (Å²) in [4.78, 5) is 39.7. The molecule has 366 valence electrons. The van der Waals surface area contributed by atoms with Gasteiger partial charge in [0.2, 0.25) is 0 Å². The summed E-state index contributed by atoms with van der Waals surface area (Å²) in [5, 5.41) is 16.8. The van der Waals surface area contributed by atoms with E-state index in [0.29, 0.717) is 36.8 Å². The Balaban J connectivity index is 0.878. The van der Waals surface area contributed by atoms with E-state index in [2.05, 4.69) is 60.7 Å². The number of piperazine rings is 1. The first kappa shape index (κ1) is 48.5. The first-order valence-electron chi connectivity index (χ1n) is 23.6. The Labute approximate surface area is 412 Å². The van der Waals surface area contributed by atoms with Crippen molar-refractivity contribution in [3.8, 4) is 17.2 Å². The van der Waals surface area contributed by atoms with Crippen LogP contribution in [-0.4, -0.2) is 111 Å². The third kappa shape index (κ3) is 11.9. The van der Waals surface area contributed by atoms with E-state index in [1.807, 2.05) is 42.5 Å². The van der Waals surface area contributed by atoms with E-state index in [0.717, 1.165) is 99.5 Å². The molecule has 0 saturated carbocycles. The van der Waals surface area contributed by atoms with Gasteiger partial charge in [-0.05, 0) is 102 Å². The number of carbonyl (C=O) groups excluding carboxylic acids is 1. The summed E-state index contributed by atoms with van der Waals surface area (Å²) >= 11 is 6.25. The highest BCUT2D eigenvalue weighted by Crippen LogP contribution is 2.43. The van der Waals surface area contributed by atoms with Crippen molar-refractivity contribution < 1.29 is 32.3 Å². The van der Waals surface area contributed by atoms with Gasteiger partial charge in [-0.15, -0.1) is 0 Å². The number of nitro groups is 1. The van der Waals surface area contributed by atoms with Crippen LogP contribution in [-0.2, 0) is 21.3 Å². The largest absolute Gasteiger partial charge is 0.492 e. The SMILES string of the molecule is CC1(C)CCC(CN2CCN(c3ccc(C(=O)NS(=O)(=O)c4ccc(NCc5ccc(OCCN6CCOCC6)cc5)c([N+](=O)[O-])c4)c(Oc4cnc5[nH]ccc5c4)c3)CC2)=C(c2ccc(Cl)cc2)C1. The van der Waals surface area contributed by atoms with Crippen molar-refractivity contribution in [2.24, 2.45) is 5.41 Å². The predicted octanol–water partition coefficient (Wildman–Crippen LogP) is 9.14. The van der Waals surface area contributed by atoms with Crippen LogP contribution in [0.5, 0.6) is 17.2 Å². The number of allylic oxidation sites excluding steroid dienone is 1. The third-order valence-electron chi connectivity index (χ3n) is 13.2. The van der Waals surface area contributed by atoms with Gasteiger partial charge in [0.15, 0.2) is 0 Å². The minimum atomic E-state index is -4.61. The third-order valence-corrected chi connectivity index (χ3v) is 14.8. The van der Waals surface area contributed by atoms with E-state index in [4.69, 9.17) is 25.8 Å². The number of halogens is 1. The molecule has 1 aliphatic carbocycles. The van der Waals surface area contributed by atoms with E-state index >= 15 is 0 Å². The molecule has 2 aliphatic heterocycles. The van der Waals surface area contributed by atoms with Gasteiger partial charge in [-0.25, -0.2) is 18.1 Å². The number of aromatic amines is 1. The number of amides is 1. The Kier molecular flexibility index (Phi) is 14.7. The molecule has 0 bridgehead atoms. The van der Waals surface area contributed by atoms with E-state index in [1.165, 1.54) is 41.1 Å². The molecule has 4 aromatic carbocycles. The van der Waals surface area contributed by atoms with Crippen molar-refractivity contribution >= 4 is 61.2 Å². The number of fused-ring (bicyclic) bond motifs is 1. The molecule has 16 nitrogen and oxygen atoms in total. The topological polar surface area (TPSA) is 184 Å². The molecule has 18 heteroatoms. The van der Waals surface area contributed by atoms with Gasteiger partial charge in [0, 0.05) is 93.3 Å². The van der Waals surface area contributed by atoms with Gasteiger partial charge in [0.05, 0.1) is 34.8 Å². The van der Waals surface area contributed by atoms with Gasteiger partial charge in [-0.2, -0.15) is 0 Å². The fraction of sp³-hybridized carbons (Fsp3) is 0.346. The molecule has 2 fully saturated rings. The summed E-state index contributed by atoms with van der Waals surface area (Å²) in [5.41, 5.74) is 6.18. The fourth-order valence-electron chi connectivity index (χ4n) is 9.21. The van der Waals surface area contributed by atoms with Crippen LogP contribution < -0.4 is 24.4 Å². The van der Waals surface area contributed by atoms with E-state index in [9.17, 15) is 23.3 Å². The van der Waals surface area contributed by atoms with Crippen LogP contribution in [0.2, 0.25) is 5.02 Å². The second-order valence-corrected chi connectivity index (χ2v) is 20.9. The second-order valence-electron chi connectivity index (χ2n) is 18.7. The maximum atomic E-state index is 14.0. The van der Waals surface area contributed by atoms with Crippen LogP contribution in [0.25, 0.3) is 16.6 Å². The lowest BCUT2D eigenvalue weighted by molar-refractivity contribution is -0.384. The Hall–Kier alpha value is -6.50. The highest BCUT2D eigenvalue weighted by molar-refractivity contribution is 7.90. The van der Waals surface area contributed by atoms with Crippen LogP contribution in [0.1, 0.15) is 54.6 Å². The van der Waals surface area contributed by atoms with Crippen LogP contribution in [0.4, 0.5) is 17.1 Å². The molecule has 0 radical (unpaired) electrons. The van der Waals surface area contributed by atoms with Crippen molar-refractivity contribution in [2.45, 2.75) is 44.6 Å². The number of nitrogens with one attached hydrogen (secondary N) is 3. The Morgan fingerprint density at radius 1 is 0.914 bits per heavy atom. The fourth-order valence-corrected chi connectivity index (χ4v) is 10.3. The standard InChI is InChI=1S/C52H57ClN8O8S/c1-52(2)17-15-39(46(32-52)37-5-7-40(53)8-6-37)35-59-19-21-60(22-20-59)41-9-13-45(49(30-41)69-43-29-38-16-18-54-50(38)56-34-43)51(62)57-70(65,66)44-12-14-47(48(31-44)61(63)64)55-33-36-3-10-42(11-4-36)68-28-25-58-23-26-67-27-24-58/h3-14,16,18,29-31,34,55H,15,17,19-28,32-33,35H2,1-2H3,(H,54,56)(H,57,62). The molecule has 2 saturated heterocycles. The summed E-state index contributed by atoms with van der Waals surface area (Å²) in [6.45, 7) is 13.3. The van der Waals surface area contributed by atoms with Gasteiger partial charge in [0.25, 0.3) is 21.6 Å². The Bertz CT molecular complexity index is 2990. The number of benzene rings is 4. The number of morpholine rings is 1. The molecular weight excluding hydrogens is 932 g/mol. The second kappa shape index (κ2) is 21.2. The van der Waals surface area contributed by atoms with Crippen molar-refractivity contribution in [3.05, 3.63) is 147 Å². The zero-order valence-corrected chi connectivity index (χ0v) is 40.9. The van der Waals surface area contributed by atoms with E-state index in [1.54, 1.807) is 24.4 Å². The van der Waals surface area contributed by atoms with Crippen LogP contribution in [0.15, 0.2) is 120 Å². The van der Waals surface area contributed by atoms with Gasteiger partial charge in [-0.1, -0.05) is 55.3 Å². The Morgan fingerprint density at radius 2 is 1.69 bits per heavy atom. The molecule has 0 unspecified atom stereocenters. The molecule has 0 atom stereocenters. The van der Waals surface area contributed by atoms with Gasteiger partial charge < -0.3 is 29.4 Å². The van der Waals surface area contributed by atoms with Gasteiger partial charge >= 0.3 is 0 Å². The summed E-state index contributed by atoms with van der Waals surface area (Å²) in [6.07, 6.45) is 6.46. The molecule has 3 aliphatic rings. The molecule has 0 spiro atoms. The average molecular weight is 990 g/mol. The number of anilines is 2. The number of H-pyrrole nitrogens is 1. The maximum absolute atomic E-state index is 14.0. The first-order chi connectivity index (χ1) is 33.7. The molecule has 1 amide bonds. The minimum absolute atomic E-state index is 0.0525. The molecule has 3 N–H and O–H groups in total. The average Bonchev–Trinajstić information content (AvgIpc) is 3.83. The zero-order valence-electron chi connectivity index (χ0n) is 39.3. The lowest BCUT2D eigenvalue weighted by atomic mass is 9.72. The number of hydrogen-bond donors (Lipinski definition) is 3. The maximum Gasteiger partial charge on any atom is 0.293 e. The van der Waals surface area contributed by atoms with E-state index in [-0.39, 0.29) is 29.0 Å². The number of pyridine rings is 1. The lowest BCUT2D eigenvalue weighted by Crippen LogP contribution is -2.47. The van der Waals surface area contributed by atoms with Crippen LogP contribution in [0.3, 0.4) is 0 Å². The van der Waals surface area contributed by atoms with Crippen molar-refractivity contribution in [2.75, 3.05) is 82.4 Å². The van der Waals surface area contributed by atoms with Crippen LogP contribution >= 0.6 is 11.6 Å². The molecule has 70 heavy (non-hydrogen) atoms. The lowest BCUT2D eigenvalue weighted by Gasteiger charge is -2.39. The molecular formula is C52H57ClN8O8S. The smallest absolute Gasteiger partial charge is 0.293 e. The predicted molar refractivity (Wildman–Crippen MR) is 272 cm³/mol. The van der Waals surface area contributed by atoms with Crippen LogP contribution in [0, 0.1) is 15.5 Å². The Morgan fingerprint density at radius 3 is 2.44 bits per heavy atom. The number of hydrogen-bond acceptors (Lipinski definition) is 13. The number of rotatable bonds is 17. The quantitative estimate of drug-likeness (QED) is 0.0581. The summed E-state index contributed by atoms with van der Waals surface area (Å²) in [5.74, 6) is 0.190. The normalized spacial score (nSPS) is 16.8. The number of nitro benzene ring substituents is 1. The first-order valence-corrected chi connectivity index (χ1v) is 25.4. The van der Waals surface area contributed by atoms with Crippen molar-refractivity contribution in [1.29, 1.82) is 0 Å². The number of carbonyl (C=O) groups is 1. The monoisotopic (exact) mass is 988 g/mol. The van der Waals surface area contributed by atoms with Crippen molar-refractivity contribution in [3.63, 3.8) is 0 Å². The number of nitrogens with zero attached hydrogens (tertiary/aromatic N) is 5.